The van der Waals surface area contributed by atoms with Gasteiger partial charge in [-0.3, -0.25) is 0 Å². The van der Waals surface area contributed by atoms with E-state index < -0.39 is 0 Å². The standard InChI is InChI=1S/C57H38N2S/c1-57(2)48-23-12-22-45(54(48)47-32-38-16-6-7-17-39(38)33-49(47)57)51-34-50(58-56(59-51)37-14-4-3-5-15-37)44-31-30-40(42-18-8-9-19-43(42)44)35-26-28-36(29-27-35)41-21-13-25-53-55(41)46-20-10-11-24-52(46)60-53/h3-34H,1-2H3. The highest BCUT2D eigenvalue weighted by atomic mass is 32.1. The topological polar surface area (TPSA) is 25.8 Å². The van der Waals surface area contributed by atoms with Crippen LogP contribution in [-0.2, 0) is 5.41 Å². The summed E-state index contributed by atoms with van der Waals surface area (Å²) in [5, 5.41) is 7.53. The maximum atomic E-state index is 5.36. The molecule has 12 rings (SSSR count). The van der Waals surface area contributed by atoms with Crippen LogP contribution in [0.1, 0.15) is 25.0 Å². The van der Waals surface area contributed by atoms with Crippen molar-refractivity contribution in [3.8, 4) is 67.3 Å². The zero-order valence-corrected chi connectivity index (χ0v) is 34.1. The van der Waals surface area contributed by atoms with Crippen molar-refractivity contribution in [2.24, 2.45) is 0 Å². The lowest BCUT2D eigenvalue weighted by molar-refractivity contribution is 0.661. The molecule has 0 N–H and O–H groups in total. The number of thiophene rings is 1. The van der Waals surface area contributed by atoms with Crippen LogP contribution in [0.2, 0.25) is 0 Å². The van der Waals surface area contributed by atoms with Gasteiger partial charge in [-0.25, -0.2) is 9.97 Å². The van der Waals surface area contributed by atoms with Crippen molar-refractivity contribution in [1.82, 2.24) is 9.97 Å². The fourth-order valence-electron chi connectivity index (χ4n) is 9.74. The number of rotatable bonds is 5. The Kier molecular flexibility index (Phi) is 7.79. The molecule has 2 heterocycles. The van der Waals surface area contributed by atoms with E-state index >= 15 is 0 Å². The minimum atomic E-state index is -0.154. The van der Waals surface area contributed by atoms with Gasteiger partial charge in [-0.05, 0) is 96.4 Å². The molecule has 11 aromatic rings. The highest BCUT2D eigenvalue weighted by Crippen LogP contribution is 2.53. The molecule has 0 amide bonds. The van der Waals surface area contributed by atoms with Gasteiger partial charge in [0, 0.05) is 42.3 Å². The first-order valence-electron chi connectivity index (χ1n) is 20.6. The fourth-order valence-corrected chi connectivity index (χ4v) is 10.9. The number of hydrogen-bond acceptors (Lipinski definition) is 3. The van der Waals surface area contributed by atoms with Crippen LogP contribution >= 0.6 is 11.3 Å². The third kappa shape index (κ3) is 5.40. The maximum absolute atomic E-state index is 5.36. The second-order valence-electron chi connectivity index (χ2n) is 16.5. The van der Waals surface area contributed by atoms with E-state index in [1.165, 1.54) is 80.8 Å². The Bertz CT molecular complexity index is 3500. The average molecular weight is 783 g/mol. The number of nitrogens with zero attached hydrogens (tertiary/aromatic N) is 2. The second kappa shape index (κ2) is 13.4. The van der Waals surface area contributed by atoms with Gasteiger partial charge in [0.1, 0.15) is 0 Å². The minimum Gasteiger partial charge on any atom is -0.228 e. The average Bonchev–Trinajstić information content (AvgIpc) is 3.80. The monoisotopic (exact) mass is 782 g/mol. The molecule has 60 heavy (non-hydrogen) atoms. The minimum absolute atomic E-state index is 0.154. The predicted octanol–water partition coefficient (Wildman–Crippen LogP) is 15.8. The van der Waals surface area contributed by atoms with Crippen LogP contribution in [0.25, 0.3) is 109 Å². The van der Waals surface area contributed by atoms with Crippen molar-refractivity contribution >= 4 is 53.1 Å². The Morgan fingerprint density at radius 1 is 0.383 bits per heavy atom. The molecule has 1 aliphatic carbocycles. The van der Waals surface area contributed by atoms with Gasteiger partial charge in [0.15, 0.2) is 5.82 Å². The highest BCUT2D eigenvalue weighted by Gasteiger charge is 2.37. The third-order valence-corrected chi connectivity index (χ3v) is 13.8. The molecule has 9 aromatic carbocycles. The van der Waals surface area contributed by atoms with Crippen molar-refractivity contribution < 1.29 is 0 Å². The summed E-state index contributed by atoms with van der Waals surface area (Å²) < 4.78 is 2.65. The van der Waals surface area contributed by atoms with Gasteiger partial charge in [-0.2, -0.15) is 0 Å². The highest BCUT2D eigenvalue weighted by molar-refractivity contribution is 7.25. The largest absolute Gasteiger partial charge is 0.228 e. The Labute approximate surface area is 353 Å². The molecule has 0 saturated heterocycles. The molecule has 0 aliphatic heterocycles. The lowest BCUT2D eigenvalue weighted by atomic mass is 9.81. The zero-order chi connectivity index (χ0) is 40.0. The van der Waals surface area contributed by atoms with E-state index in [0.29, 0.717) is 5.82 Å². The van der Waals surface area contributed by atoms with Gasteiger partial charge in [-0.1, -0.05) is 178 Å². The number of hydrogen-bond donors (Lipinski definition) is 0. The van der Waals surface area contributed by atoms with Crippen LogP contribution in [0.3, 0.4) is 0 Å². The molecule has 3 heteroatoms. The van der Waals surface area contributed by atoms with Crippen molar-refractivity contribution in [1.29, 1.82) is 0 Å². The first kappa shape index (κ1) is 34.8. The molecule has 0 fully saturated rings. The molecule has 0 atom stereocenters. The van der Waals surface area contributed by atoms with Crippen LogP contribution in [0.15, 0.2) is 194 Å². The van der Waals surface area contributed by atoms with Crippen LogP contribution in [0.4, 0.5) is 0 Å². The second-order valence-corrected chi connectivity index (χ2v) is 17.6. The molecule has 1 aliphatic rings. The van der Waals surface area contributed by atoms with Gasteiger partial charge in [0.2, 0.25) is 0 Å². The van der Waals surface area contributed by atoms with E-state index in [0.717, 1.165) is 33.5 Å². The van der Waals surface area contributed by atoms with Crippen molar-refractivity contribution in [3.05, 3.63) is 205 Å². The van der Waals surface area contributed by atoms with E-state index in [4.69, 9.17) is 9.97 Å². The van der Waals surface area contributed by atoms with Crippen molar-refractivity contribution in [3.63, 3.8) is 0 Å². The summed E-state index contributed by atoms with van der Waals surface area (Å²) in [7, 11) is 0. The Morgan fingerprint density at radius 2 is 0.967 bits per heavy atom. The normalized spacial score (nSPS) is 13.0. The Morgan fingerprint density at radius 3 is 1.75 bits per heavy atom. The predicted molar refractivity (Wildman–Crippen MR) is 255 cm³/mol. The van der Waals surface area contributed by atoms with Crippen LogP contribution in [0, 0.1) is 0 Å². The third-order valence-electron chi connectivity index (χ3n) is 12.7. The van der Waals surface area contributed by atoms with E-state index in [9.17, 15) is 0 Å². The van der Waals surface area contributed by atoms with E-state index in [1.807, 2.05) is 17.4 Å². The molecular formula is C57H38N2S. The maximum Gasteiger partial charge on any atom is 0.160 e. The first-order valence-corrected chi connectivity index (χ1v) is 21.5. The van der Waals surface area contributed by atoms with E-state index in [1.54, 1.807) is 0 Å². The van der Waals surface area contributed by atoms with E-state index in [2.05, 4.69) is 202 Å². The van der Waals surface area contributed by atoms with Gasteiger partial charge >= 0.3 is 0 Å². The SMILES string of the molecule is CC1(C)c2cc3ccccc3cc2-c2c(-c3cc(-c4ccc(-c5ccc(-c6cccc7sc8ccccc8c67)cc5)c5ccccc45)nc(-c4ccccc4)n3)cccc21. The van der Waals surface area contributed by atoms with E-state index in [-0.39, 0.29) is 5.41 Å². The summed E-state index contributed by atoms with van der Waals surface area (Å²) in [5.74, 6) is 0.717. The summed E-state index contributed by atoms with van der Waals surface area (Å²) in [6.07, 6.45) is 0. The zero-order valence-electron chi connectivity index (χ0n) is 33.3. The van der Waals surface area contributed by atoms with Gasteiger partial charge in [0.05, 0.1) is 11.4 Å². The lowest BCUT2D eigenvalue weighted by Crippen LogP contribution is -2.14. The van der Waals surface area contributed by atoms with Gasteiger partial charge < -0.3 is 0 Å². The molecule has 0 spiro atoms. The molecule has 0 saturated carbocycles. The molecule has 2 aromatic heterocycles. The molecular weight excluding hydrogens is 745 g/mol. The van der Waals surface area contributed by atoms with Crippen LogP contribution < -0.4 is 0 Å². The molecule has 2 nitrogen and oxygen atoms in total. The summed E-state index contributed by atoms with van der Waals surface area (Å²) in [6, 6.07) is 70.6. The molecule has 0 unspecified atom stereocenters. The van der Waals surface area contributed by atoms with Crippen LogP contribution in [-0.4, -0.2) is 9.97 Å². The summed E-state index contributed by atoms with van der Waals surface area (Å²) >= 11 is 1.86. The molecule has 0 bridgehead atoms. The van der Waals surface area contributed by atoms with Gasteiger partial charge in [-0.15, -0.1) is 11.3 Å². The van der Waals surface area contributed by atoms with Crippen molar-refractivity contribution in [2.45, 2.75) is 19.3 Å². The van der Waals surface area contributed by atoms with Gasteiger partial charge in [0.25, 0.3) is 0 Å². The molecule has 0 radical (unpaired) electrons. The molecule has 282 valence electrons. The first-order chi connectivity index (χ1) is 29.5. The Balaban J connectivity index is 1.01. The van der Waals surface area contributed by atoms with Crippen molar-refractivity contribution in [2.75, 3.05) is 0 Å². The Hall–Kier alpha value is -7.20. The summed E-state index contributed by atoms with van der Waals surface area (Å²) in [4.78, 5) is 10.7. The lowest BCUT2D eigenvalue weighted by Gasteiger charge is -2.22. The number of benzene rings is 9. The fraction of sp³-hybridized carbons (Fsp3) is 0.0526. The smallest absolute Gasteiger partial charge is 0.160 e. The van der Waals surface area contributed by atoms with Crippen LogP contribution in [0.5, 0.6) is 0 Å². The summed E-state index contributed by atoms with van der Waals surface area (Å²) in [6.45, 7) is 4.70. The number of aromatic nitrogens is 2. The number of fused-ring (bicyclic) bond motifs is 8. The quantitative estimate of drug-likeness (QED) is 0.174. The summed E-state index contributed by atoms with van der Waals surface area (Å²) in [5.41, 5.74) is 15.0.